The van der Waals surface area contributed by atoms with Crippen molar-refractivity contribution >= 4 is 33.4 Å². The zero-order valence-corrected chi connectivity index (χ0v) is 8.33. The highest BCUT2D eigenvalue weighted by Gasteiger charge is 2.67. The van der Waals surface area contributed by atoms with Gasteiger partial charge in [0.15, 0.2) is 0 Å². The maximum Gasteiger partial charge on any atom is 0.231 e. The summed E-state index contributed by atoms with van der Waals surface area (Å²) >= 11 is 9.13. The molecule has 3 rings (SSSR count). The fraction of sp³-hybridized carbons (Fsp3) is 0.857. The molecule has 0 aliphatic heterocycles. The normalized spacial score (nSPS) is 45.6. The van der Waals surface area contributed by atoms with E-state index < -0.39 is 0 Å². The Kier molecular flexibility index (Phi) is 1.53. The molecule has 2 nitrogen and oxygen atoms in total. The van der Waals surface area contributed by atoms with Crippen molar-refractivity contribution < 1.29 is 4.79 Å². The van der Waals surface area contributed by atoms with Gasteiger partial charge in [0, 0.05) is 5.54 Å². The summed E-state index contributed by atoms with van der Waals surface area (Å²) < 4.78 is 0. The molecule has 3 saturated carbocycles. The Balaban J connectivity index is 1.86. The Bertz CT molecular complexity index is 199. The van der Waals surface area contributed by atoms with Crippen molar-refractivity contribution in [1.29, 1.82) is 0 Å². The van der Waals surface area contributed by atoms with Gasteiger partial charge in [-0.3, -0.25) is 4.79 Å². The Labute approximate surface area is 78.8 Å². The highest BCUT2D eigenvalue weighted by molar-refractivity contribution is 9.09. The summed E-state index contributed by atoms with van der Waals surface area (Å²) in [4.78, 5) is 11.0. The molecule has 0 aromatic heterocycles. The van der Waals surface area contributed by atoms with E-state index in [0.717, 1.165) is 19.3 Å². The van der Waals surface area contributed by atoms with Crippen LogP contribution >= 0.6 is 27.5 Å². The van der Waals surface area contributed by atoms with Crippen LogP contribution in [0.1, 0.15) is 19.3 Å². The summed E-state index contributed by atoms with van der Waals surface area (Å²) in [6.45, 7) is 0. The van der Waals surface area contributed by atoms with Crippen LogP contribution in [0.4, 0.5) is 0 Å². The van der Waals surface area contributed by atoms with E-state index in [2.05, 4.69) is 21.2 Å². The topological polar surface area (TPSA) is 29.1 Å². The van der Waals surface area contributed by atoms with Crippen LogP contribution < -0.4 is 5.32 Å². The lowest BCUT2D eigenvalue weighted by Crippen LogP contribution is -2.76. The molecule has 62 valence electrons. The highest BCUT2D eigenvalue weighted by atomic mass is 79.9. The Morgan fingerprint density at radius 1 is 1.55 bits per heavy atom. The molecular formula is C7H9BrClNO. The Morgan fingerprint density at radius 2 is 2.09 bits per heavy atom. The number of alkyl halides is 2. The summed E-state index contributed by atoms with van der Waals surface area (Å²) in [5.41, 5.74) is 0.0899. The van der Waals surface area contributed by atoms with E-state index in [1.165, 1.54) is 0 Å². The van der Waals surface area contributed by atoms with Gasteiger partial charge < -0.3 is 5.32 Å². The third-order valence-electron chi connectivity index (χ3n) is 2.49. The van der Waals surface area contributed by atoms with Crippen molar-refractivity contribution in [3.8, 4) is 0 Å². The summed E-state index contributed by atoms with van der Waals surface area (Å²) in [6.07, 6.45) is 2.88. The zero-order valence-electron chi connectivity index (χ0n) is 5.99. The van der Waals surface area contributed by atoms with Crippen LogP contribution in [0.25, 0.3) is 0 Å². The molecule has 0 atom stereocenters. The first-order valence-corrected chi connectivity index (χ1v) is 5.13. The molecule has 1 amide bonds. The minimum absolute atomic E-state index is 0.0552. The zero-order chi connectivity index (χ0) is 8.11. The molecule has 0 aromatic carbocycles. The lowest BCUT2D eigenvalue weighted by molar-refractivity contribution is -0.127. The summed E-state index contributed by atoms with van der Waals surface area (Å²) in [6, 6.07) is 0. The van der Waals surface area contributed by atoms with Crippen LogP contribution in [0.2, 0.25) is 0 Å². The van der Waals surface area contributed by atoms with Crippen molar-refractivity contribution in [2.75, 3.05) is 5.33 Å². The van der Waals surface area contributed by atoms with Gasteiger partial charge in [0.2, 0.25) is 5.91 Å². The lowest BCUT2D eigenvalue weighted by Gasteiger charge is -2.67. The molecule has 11 heavy (non-hydrogen) atoms. The van der Waals surface area contributed by atoms with Gasteiger partial charge in [-0.2, -0.15) is 0 Å². The van der Waals surface area contributed by atoms with E-state index in [9.17, 15) is 4.79 Å². The number of hydrogen-bond acceptors (Lipinski definition) is 1. The smallest absolute Gasteiger partial charge is 0.231 e. The largest absolute Gasteiger partial charge is 0.350 e. The fourth-order valence-corrected chi connectivity index (χ4v) is 3.03. The summed E-state index contributed by atoms with van der Waals surface area (Å²) in [5.74, 6) is 0.0726. The maximum atomic E-state index is 10.9. The van der Waals surface area contributed by atoms with E-state index in [1.807, 2.05) is 0 Å². The molecule has 3 fully saturated rings. The number of nitrogens with one attached hydrogen (secondary N) is 1. The van der Waals surface area contributed by atoms with Crippen molar-refractivity contribution in [3.63, 3.8) is 0 Å². The van der Waals surface area contributed by atoms with Gasteiger partial charge in [-0.15, -0.1) is 11.6 Å². The fourth-order valence-electron chi connectivity index (χ4n) is 2.13. The first-order valence-electron chi connectivity index (χ1n) is 3.64. The summed E-state index contributed by atoms with van der Waals surface area (Å²) in [7, 11) is 0. The quantitative estimate of drug-likeness (QED) is 0.724. The molecular weight excluding hydrogens is 229 g/mol. The van der Waals surface area contributed by atoms with Crippen molar-refractivity contribution in [2.24, 2.45) is 0 Å². The molecule has 4 heteroatoms. The summed E-state index contributed by atoms with van der Waals surface area (Å²) in [5, 5.41) is 3.36. The lowest BCUT2D eigenvalue weighted by atomic mass is 9.49. The minimum atomic E-state index is 0.0552. The highest BCUT2D eigenvalue weighted by Crippen LogP contribution is 2.64. The number of amides is 1. The predicted octanol–water partition coefficient (Wildman–Crippen LogP) is 1.41. The molecule has 0 radical (unpaired) electrons. The number of rotatable bonds is 2. The first-order chi connectivity index (χ1) is 5.08. The van der Waals surface area contributed by atoms with Crippen LogP contribution in [0, 0.1) is 0 Å². The molecule has 0 saturated heterocycles. The molecule has 0 spiro atoms. The van der Waals surface area contributed by atoms with Crippen LogP contribution in [0.3, 0.4) is 0 Å². The molecule has 1 N–H and O–H groups in total. The number of halogens is 2. The average Bonchev–Trinajstić information content (AvgIpc) is 1.82. The van der Waals surface area contributed by atoms with E-state index in [4.69, 9.17) is 11.6 Å². The third kappa shape index (κ3) is 1.09. The van der Waals surface area contributed by atoms with E-state index in [1.54, 1.807) is 0 Å². The van der Waals surface area contributed by atoms with Crippen molar-refractivity contribution in [3.05, 3.63) is 0 Å². The van der Waals surface area contributed by atoms with Crippen molar-refractivity contribution in [1.82, 2.24) is 5.32 Å². The second-order valence-electron chi connectivity index (χ2n) is 3.64. The van der Waals surface area contributed by atoms with Crippen LogP contribution in [-0.2, 0) is 4.79 Å². The average molecular weight is 239 g/mol. The van der Waals surface area contributed by atoms with Gasteiger partial charge in [-0.1, -0.05) is 15.9 Å². The van der Waals surface area contributed by atoms with Crippen molar-refractivity contribution in [2.45, 2.75) is 29.7 Å². The Hall–Kier alpha value is 0.240. The SMILES string of the molecule is O=C(CBr)NC12CC(Cl)(C1)C2. The second kappa shape index (κ2) is 2.13. The van der Waals surface area contributed by atoms with Crippen LogP contribution in [-0.4, -0.2) is 21.7 Å². The molecule has 3 aliphatic rings. The third-order valence-corrected chi connectivity index (χ3v) is 3.40. The maximum absolute atomic E-state index is 10.9. The predicted molar refractivity (Wildman–Crippen MR) is 47.1 cm³/mol. The van der Waals surface area contributed by atoms with Crippen LogP contribution in [0.15, 0.2) is 0 Å². The van der Waals surface area contributed by atoms with Gasteiger partial charge in [-0.05, 0) is 19.3 Å². The molecule has 2 bridgehead atoms. The number of carbonyl (C=O) groups is 1. The Morgan fingerprint density at radius 3 is 2.45 bits per heavy atom. The van der Waals surface area contributed by atoms with E-state index in [0.29, 0.717) is 5.33 Å². The van der Waals surface area contributed by atoms with Gasteiger partial charge in [0.25, 0.3) is 0 Å². The van der Waals surface area contributed by atoms with Gasteiger partial charge in [-0.25, -0.2) is 0 Å². The monoisotopic (exact) mass is 237 g/mol. The van der Waals surface area contributed by atoms with E-state index in [-0.39, 0.29) is 16.3 Å². The van der Waals surface area contributed by atoms with Gasteiger partial charge in [0.05, 0.1) is 10.2 Å². The molecule has 0 heterocycles. The van der Waals surface area contributed by atoms with Gasteiger partial charge in [0.1, 0.15) is 0 Å². The number of hydrogen-bond donors (Lipinski definition) is 1. The molecule has 3 aliphatic carbocycles. The number of carbonyl (C=O) groups excluding carboxylic acids is 1. The standard InChI is InChI=1S/C7H9BrClNO/c8-1-5(11)10-7-2-6(9,3-7)4-7/h1-4H2,(H,10,11). The molecule has 0 unspecified atom stereocenters. The van der Waals surface area contributed by atoms with E-state index >= 15 is 0 Å². The minimum Gasteiger partial charge on any atom is -0.350 e. The van der Waals surface area contributed by atoms with Gasteiger partial charge >= 0.3 is 0 Å². The second-order valence-corrected chi connectivity index (χ2v) is 5.01. The molecule has 0 aromatic rings. The first kappa shape index (κ1) is 7.87. The van der Waals surface area contributed by atoms with Crippen LogP contribution in [0.5, 0.6) is 0 Å².